The van der Waals surface area contributed by atoms with Gasteiger partial charge in [0.15, 0.2) is 0 Å². The Bertz CT molecular complexity index is 647. The van der Waals surface area contributed by atoms with Crippen LogP contribution in [0.1, 0.15) is 21.6 Å². The molecule has 1 heterocycles. The van der Waals surface area contributed by atoms with Crippen molar-refractivity contribution in [3.8, 4) is 6.07 Å². The van der Waals surface area contributed by atoms with Gasteiger partial charge in [0.25, 0.3) is 5.91 Å². The molecule has 0 spiro atoms. The minimum atomic E-state index is -0.232. The number of hydrogen-bond donors (Lipinski definition) is 1. The lowest BCUT2D eigenvalue weighted by atomic mass is 10.1. The summed E-state index contributed by atoms with van der Waals surface area (Å²) >= 11 is 3.41. The van der Waals surface area contributed by atoms with Gasteiger partial charge in [0.2, 0.25) is 0 Å². The van der Waals surface area contributed by atoms with Crippen LogP contribution in [0.3, 0.4) is 0 Å². The molecule has 5 heteroatoms. The zero-order valence-electron chi connectivity index (χ0n) is 10.6. The number of hydrogen-bond acceptors (Lipinski definition) is 3. The van der Waals surface area contributed by atoms with Gasteiger partial charge >= 0.3 is 0 Å². The standard InChI is InChI=1S/C15H12BrN3O/c16-13-3-1-2-11(8-13)6-7-18-15(20)14-5-4-12(9-17)10-19-14/h1-5,8,10H,6-7H2,(H,18,20). The minimum absolute atomic E-state index is 0.232. The lowest BCUT2D eigenvalue weighted by Crippen LogP contribution is -2.26. The van der Waals surface area contributed by atoms with Crippen molar-refractivity contribution in [2.75, 3.05) is 6.54 Å². The van der Waals surface area contributed by atoms with E-state index in [1.54, 1.807) is 12.1 Å². The molecule has 0 saturated carbocycles. The zero-order valence-corrected chi connectivity index (χ0v) is 12.2. The molecular weight excluding hydrogens is 318 g/mol. The third-order valence-electron chi connectivity index (χ3n) is 2.71. The van der Waals surface area contributed by atoms with Crippen LogP contribution in [-0.4, -0.2) is 17.4 Å². The lowest BCUT2D eigenvalue weighted by molar-refractivity contribution is 0.0949. The van der Waals surface area contributed by atoms with Gasteiger partial charge in [-0.15, -0.1) is 0 Å². The van der Waals surface area contributed by atoms with E-state index >= 15 is 0 Å². The second kappa shape index (κ2) is 6.83. The normalized spacial score (nSPS) is 9.80. The van der Waals surface area contributed by atoms with E-state index in [9.17, 15) is 4.79 Å². The maximum Gasteiger partial charge on any atom is 0.269 e. The molecule has 0 fully saturated rings. The van der Waals surface area contributed by atoms with Crippen molar-refractivity contribution in [2.24, 2.45) is 0 Å². The van der Waals surface area contributed by atoms with Crippen LogP contribution in [0.25, 0.3) is 0 Å². The van der Waals surface area contributed by atoms with Crippen molar-refractivity contribution in [1.82, 2.24) is 10.3 Å². The van der Waals surface area contributed by atoms with E-state index in [-0.39, 0.29) is 5.91 Å². The average molecular weight is 330 g/mol. The fraction of sp³-hybridized carbons (Fsp3) is 0.133. The molecule has 2 rings (SSSR count). The van der Waals surface area contributed by atoms with Crippen molar-refractivity contribution in [3.63, 3.8) is 0 Å². The summed E-state index contributed by atoms with van der Waals surface area (Å²) in [6, 6.07) is 13.0. The van der Waals surface area contributed by atoms with Crippen molar-refractivity contribution in [2.45, 2.75) is 6.42 Å². The summed E-state index contributed by atoms with van der Waals surface area (Å²) in [6.45, 7) is 0.539. The number of aromatic nitrogens is 1. The molecule has 1 N–H and O–H groups in total. The number of nitrogens with zero attached hydrogens (tertiary/aromatic N) is 2. The number of nitrogens with one attached hydrogen (secondary N) is 1. The molecule has 1 aromatic carbocycles. The van der Waals surface area contributed by atoms with Gasteiger partial charge in [-0.1, -0.05) is 28.1 Å². The lowest BCUT2D eigenvalue weighted by Gasteiger charge is -2.05. The Hall–Kier alpha value is -2.19. The molecule has 0 bridgehead atoms. The molecule has 100 valence electrons. The predicted octanol–water partition coefficient (Wildman–Crippen LogP) is 2.69. The third kappa shape index (κ3) is 3.90. The quantitative estimate of drug-likeness (QED) is 0.937. The molecule has 2 aromatic rings. The van der Waals surface area contributed by atoms with Gasteiger partial charge in [-0.05, 0) is 36.2 Å². The Kier molecular flexibility index (Phi) is 4.85. The third-order valence-corrected chi connectivity index (χ3v) is 3.21. The molecule has 4 nitrogen and oxygen atoms in total. The van der Waals surface area contributed by atoms with E-state index in [0.29, 0.717) is 17.8 Å². The van der Waals surface area contributed by atoms with E-state index in [1.165, 1.54) is 6.20 Å². The Labute approximate surface area is 125 Å². The highest BCUT2D eigenvalue weighted by Gasteiger charge is 2.06. The summed E-state index contributed by atoms with van der Waals surface area (Å²) < 4.78 is 1.02. The van der Waals surface area contributed by atoms with Crippen LogP contribution in [0, 0.1) is 11.3 Å². The van der Waals surface area contributed by atoms with Crippen LogP contribution in [0.5, 0.6) is 0 Å². The number of carbonyl (C=O) groups excluding carboxylic acids is 1. The first-order chi connectivity index (χ1) is 9.69. The topological polar surface area (TPSA) is 65.8 Å². The molecular formula is C15H12BrN3O. The van der Waals surface area contributed by atoms with E-state index < -0.39 is 0 Å². The highest BCUT2D eigenvalue weighted by molar-refractivity contribution is 9.10. The summed E-state index contributed by atoms with van der Waals surface area (Å²) in [5.74, 6) is -0.232. The number of rotatable bonds is 4. The number of amides is 1. The molecule has 1 amide bonds. The number of pyridine rings is 1. The number of halogens is 1. The van der Waals surface area contributed by atoms with Crippen molar-refractivity contribution < 1.29 is 4.79 Å². The Balaban J connectivity index is 1.87. The van der Waals surface area contributed by atoms with Crippen LogP contribution in [-0.2, 0) is 6.42 Å². The molecule has 0 radical (unpaired) electrons. The van der Waals surface area contributed by atoms with Gasteiger partial charge in [0.05, 0.1) is 5.56 Å². The first kappa shape index (κ1) is 14.2. The van der Waals surface area contributed by atoms with Gasteiger partial charge < -0.3 is 5.32 Å². The largest absolute Gasteiger partial charge is 0.350 e. The monoisotopic (exact) mass is 329 g/mol. The van der Waals surface area contributed by atoms with Crippen LogP contribution in [0.2, 0.25) is 0 Å². The second-order valence-corrected chi connectivity index (χ2v) is 5.10. The highest BCUT2D eigenvalue weighted by atomic mass is 79.9. The molecule has 0 aliphatic carbocycles. The Morgan fingerprint density at radius 1 is 1.35 bits per heavy atom. The molecule has 0 atom stereocenters. The van der Waals surface area contributed by atoms with Crippen LogP contribution >= 0.6 is 15.9 Å². The molecule has 0 aliphatic rings. The molecule has 0 saturated heterocycles. The maximum absolute atomic E-state index is 11.8. The van der Waals surface area contributed by atoms with Crippen LogP contribution in [0.15, 0.2) is 47.1 Å². The number of carbonyl (C=O) groups is 1. The molecule has 20 heavy (non-hydrogen) atoms. The first-order valence-electron chi connectivity index (χ1n) is 6.08. The van der Waals surface area contributed by atoms with E-state index in [4.69, 9.17) is 5.26 Å². The molecule has 0 unspecified atom stereocenters. The van der Waals surface area contributed by atoms with Crippen molar-refractivity contribution in [3.05, 3.63) is 63.9 Å². The van der Waals surface area contributed by atoms with Crippen molar-refractivity contribution in [1.29, 1.82) is 5.26 Å². The number of benzene rings is 1. The summed E-state index contributed by atoms with van der Waals surface area (Å²) in [4.78, 5) is 15.8. The molecule has 0 aliphatic heterocycles. The first-order valence-corrected chi connectivity index (χ1v) is 6.87. The smallest absolute Gasteiger partial charge is 0.269 e. The Morgan fingerprint density at radius 3 is 2.85 bits per heavy atom. The SMILES string of the molecule is N#Cc1ccc(C(=O)NCCc2cccc(Br)c2)nc1. The van der Waals surface area contributed by atoms with Gasteiger partial charge in [0.1, 0.15) is 11.8 Å². The second-order valence-electron chi connectivity index (χ2n) is 4.18. The van der Waals surface area contributed by atoms with Gasteiger partial charge in [0, 0.05) is 17.2 Å². The van der Waals surface area contributed by atoms with Crippen molar-refractivity contribution >= 4 is 21.8 Å². The van der Waals surface area contributed by atoms with Crippen LogP contribution in [0.4, 0.5) is 0 Å². The molecule has 1 aromatic heterocycles. The fourth-order valence-corrected chi connectivity index (χ4v) is 2.14. The van der Waals surface area contributed by atoms with E-state index in [1.807, 2.05) is 30.3 Å². The summed E-state index contributed by atoms with van der Waals surface area (Å²) in [5, 5.41) is 11.5. The highest BCUT2D eigenvalue weighted by Crippen LogP contribution is 2.11. The van der Waals surface area contributed by atoms with E-state index in [2.05, 4.69) is 26.2 Å². The summed E-state index contributed by atoms with van der Waals surface area (Å²) in [7, 11) is 0. The van der Waals surface area contributed by atoms with Gasteiger partial charge in [-0.25, -0.2) is 4.98 Å². The van der Waals surface area contributed by atoms with E-state index in [0.717, 1.165) is 16.5 Å². The minimum Gasteiger partial charge on any atom is -0.350 e. The van der Waals surface area contributed by atoms with Crippen LogP contribution < -0.4 is 5.32 Å². The fourth-order valence-electron chi connectivity index (χ4n) is 1.70. The maximum atomic E-state index is 11.8. The Morgan fingerprint density at radius 2 is 2.20 bits per heavy atom. The number of nitriles is 1. The summed E-state index contributed by atoms with van der Waals surface area (Å²) in [5.41, 5.74) is 1.90. The van der Waals surface area contributed by atoms with Gasteiger partial charge in [-0.3, -0.25) is 4.79 Å². The predicted molar refractivity (Wildman–Crippen MR) is 79.1 cm³/mol. The van der Waals surface area contributed by atoms with Gasteiger partial charge in [-0.2, -0.15) is 5.26 Å². The zero-order chi connectivity index (χ0) is 14.4. The summed E-state index contributed by atoms with van der Waals surface area (Å²) in [6.07, 6.45) is 2.14. The average Bonchev–Trinajstić information content (AvgIpc) is 2.47.